The van der Waals surface area contributed by atoms with Crippen LogP contribution in [-0.4, -0.2) is 24.1 Å². The van der Waals surface area contributed by atoms with E-state index in [0.717, 1.165) is 0 Å². The van der Waals surface area contributed by atoms with Crippen molar-refractivity contribution in [2.45, 2.75) is 0 Å². The Balaban J connectivity index is 1.56. The van der Waals surface area contributed by atoms with Crippen LogP contribution in [0.1, 0.15) is 36.6 Å². The fourth-order valence-electron chi connectivity index (χ4n) is 3.06. The Morgan fingerprint density at radius 1 is 0.629 bits per heavy atom. The van der Waals surface area contributed by atoms with Gasteiger partial charge in [-0.25, -0.2) is 15.0 Å². The molecule has 0 radical (unpaired) electrons. The van der Waals surface area contributed by atoms with Crippen molar-refractivity contribution in [3.63, 3.8) is 0 Å². The molecule has 0 saturated heterocycles. The molecule has 0 aliphatic rings. The minimum absolute atomic E-state index is 0.106. The fourth-order valence-corrected chi connectivity index (χ4v) is 3.06. The van der Waals surface area contributed by atoms with Crippen molar-refractivity contribution < 1.29 is 23.9 Å². The van der Waals surface area contributed by atoms with Gasteiger partial charge in [-0.15, -0.1) is 0 Å². The SMILES string of the molecule is O=C(NN=Cc1ccc(OC(=O)c2ccccc2)cc1OC(=O)c1ccccc1)c1ccccc1. The zero-order chi connectivity index (χ0) is 24.5. The molecule has 0 aliphatic heterocycles. The van der Waals surface area contributed by atoms with Gasteiger partial charge >= 0.3 is 11.9 Å². The molecule has 0 bridgehead atoms. The summed E-state index contributed by atoms with van der Waals surface area (Å²) in [5.74, 6) is -1.25. The number of esters is 2. The van der Waals surface area contributed by atoms with E-state index in [-0.39, 0.29) is 11.5 Å². The van der Waals surface area contributed by atoms with E-state index in [1.54, 1.807) is 103 Å². The molecular weight excluding hydrogens is 444 g/mol. The predicted molar refractivity (Wildman–Crippen MR) is 131 cm³/mol. The molecule has 1 amide bonds. The molecule has 4 rings (SSSR count). The van der Waals surface area contributed by atoms with Crippen molar-refractivity contribution >= 4 is 24.1 Å². The zero-order valence-electron chi connectivity index (χ0n) is 18.5. The molecule has 0 heterocycles. The van der Waals surface area contributed by atoms with E-state index < -0.39 is 17.8 Å². The monoisotopic (exact) mass is 464 g/mol. The maximum absolute atomic E-state index is 12.6. The van der Waals surface area contributed by atoms with Gasteiger partial charge in [-0.1, -0.05) is 54.6 Å². The third kappa shape index (κ3) is 6.27. The number of carbonyl (C=O) groups is 3. The van der Waals surface area contributed by atoms with Crippen LogP contribution in [0.5, 0.6) is 11.5 Å². The summed E-state index contributed by atoms with van der Waals surface area (Å²) < 4.78 is 11.0. The number of nitrogens with one attached hydrogen (secondary N) is 1. The predicted octanol–water partition coefficient (Wildman–Crippen LogP) is 4.89. The van der Waals surface area contributed by atoms with Crippen molar-refractivity contribution in [2.24, 2.45) is 5.10 Å². The van der Waals surface area contributed by atoms with Crippen LogP contribution in [0.25, 0.3) is 0 Å². The lowest BCUT2D eigenvalue weighted by Gasteiger charge is -2.10. The van der Waals surface area contributed by atoms with Gasteiger partial charge in [-0.3, -0.25) is 4.79 Å². The minimum Gasteiger partial charge on any atom is -0.423 e. The Hall–Kier alpha value is -5.04. The van der Waals surface area contributed by atoms with E-state index in [4.69, 9.17) is 9.47 Å². The molecule has 35 heavy (non-hydrogen) atoms. The highest BCUT2D eigenvalue weighted by molar-refractivity contribution is 5.96. The molecule has 7 nitrogen and oxygen atoms in total. The van der Waals surface area contributed by atoms with E-state index in [2.05, 4.69) is 10.5 Å². The highest BCUT2D eigenvalue weighted by Gasteiger charge is 2.15. The quantitative estimate of drug-likeness (QED) is 0.182. The first kappa shape index (κ1) is 23.1. The number of hydrogen-bond donors (Lipinski definition) is 1. The van der Waals surface area contributed by atoms with Crippen LogP contribution < -0.4 is 14.9 Å². The van der Waals surface area contributed by atoms with Gasteiger partial charge < -0.3 is 9.47 Å². The molecule has 0 spiro atoms. The first-order valence-electron chi connectivity index (χ1n) is 10.7. The molecule has 172 valence electrons. The summed E-state index contributed by atoms with van der Waals surface area (Å²) in [4.78, 5) is 37.3. The zero-order valence-corrected chi connectivity index (χ0v) is 18.5. The number of hydrogen-bond acceptors (Lipinski definition) is 6. The molecule has 4 aromatic carbocycles. The second-order valence-corrected chi connectivity index (χ2v) is 7.28. The summed E-state index contributed by atoms with van der Waals surface area (Å²) in [5, 5.41) is 3.97. The maximum atomic E-state index is 12.6. The lowest BCUT2D eigenvalue weighted by atomic mass is 10.2. The van der Waals surface area contributed by atoms with Crippen LogP contribution in [0.4, 0.5) is 0 Å². The Morgan fingerprint density at radius 3 is 1.71 bits per heavy atom. The van der Waals surface area contributed by atoms with Crippen LogP contribution >= 0.6 is 0 Å². The highest BCUT2D eigenvalue weighted by Crippen LogP contribution is 2.26. The van der Waals surface area contributed by atoms with Crippen molar-refractivity contribution in [3.05, 3.63) is 131 Å². The molecule has 7 heteroatoms. The third-order valence-electron chi connectivity index (χ3n) is 4.82. The number of benzene rings is 4. The van der Waals surface area contributed by atoms with Gasteiger partial charge in [0.25, 0.3) is 5.91 Å². The summed E-state index contributed by atoms with van der Waals surface area (Å²) in [6.07, 6.45) is 1.34. The number of carbonyl (C=O) groups excluding carboxylic acids is 3. The third-order valence-corrected chi connectivity index (χ3v) is 4.82. The van der Waals surface area contributed by atoms with E-state index >= 15 is 0 Å². The highest BCUT2D eigenvalue weighted by atomic mass is 16.5. The van der Waals surface area contributed by atoms with Crippen molar-refractivity contribution in [1.82, 2.24) is 5.43 Å². The molecular formula is C28H20N2O5. The van der Waals surface area contributed by atoms with E-state index in [1.807, 2.05) is 0 Å². The van der Waals surface area contributed by atoms with Crippen LogP contribution in [0.15, 0.2) is 114 Å². The normalized spacial score (nSPS) is 10.5. The van der Waals surface area contributed by atoms with Gasteiger partial charge in [0.05, 0.1) is 17.3 Å². The molecule has 0 aliphatic carbocycles. The Bertz CT molecular complexity index is 1350. The van der Waals surface area contributed by atoms with Gasteiger partial charge in [0.2, 0.25) is 0 Å². The average molecular weight is 464 g/mol. The van der Waals surface area contributed by atoms with Gasteiger partial charge in [-0.2, -0.15) is 5.10 Å². The Kier molecular flexibility index (Phi) is 7.40. The Morgan fingerprint density at radius 2 is 1.14 bits per heavy atom. The molecule has 0 atom stereocenters. The maximum Gasteiger partial charge on any atom is 0.343 e. The lowest BCUT2D eigenvalue weighted by Crippen LogP contribution is -2.17. The van der Waals surface area contributed by atoms with Crippen LogP contribution in [-0.2, 0) is 0 Å². The summed E-state index contributed by atoms with van der Waals surface area (Å²) in [6.45, 7) is 0. The average Bonchev–Trinajstić information content (AvgIpc) is 2.91. The van der Waals surface area contributed by atoms with Gasteiger partial charge in [0.1, 0.15) is 11.5 Å². The largest absolute Gasteiger partial charge is 0.423 e. The second kappa shape index (κ2) is 11.2. The van der Waals surface area contributed by atoms with Crippen LogP contribution in [0, 0.1) is 0 Å². The lowest BCUT2D eigenvalue weighted by molar-refractivity contribution is 0.0732. The molecule has 0 saturated carbocycles. The number of amides is 1. The number of hydrazone groups is 1. The Labute approximate surface area is 201 Å². The molecule has 0 aromatic heterocycles. The van der Waals surface area contributed by atoms with Crippen molar-refractivity contribution in [2.75, 3.05) is 0 Å². The molecule has 0 fully saturated rings. The van der Waals surface area contributed by atoms with Gasteiger partial charge in [-0.05, 0) is 48.5 Å². The van der Waals surface area contributed by atoms with Gasteiger partial charge in [0.15, 0.2) is 0 Å². The van der Waals surface area contributed by atoms with Gasteiger partial charge in [0, 0.05) is 17.2 Å². The summed E-state index contributed by atoms with van der Waals surface area (Å²) >= 11 is 0. The summed E-state index contributed by atoms with van der Waals surface area (Å²) in [7, 11) is 0. The van der Waals surface area contributed by atoms with Crippen molar-refractivity contribution in [3.8, 4) is 11.5 Å². The number of rotatable bonds is 7. The van der Waals surface area contributed by atoms with Crippen molar-refractivity contribution in [1.29, 1.82) is 0 Å². The topological polar surface area (TPSA) is 94.1 Å². The van der Waals surface area contributed by atoms with Crippen LogP contribution in [0.3, 0.4) is 0 Å². The number of nitrogens with zero attached hydrogens (tertiary/aromatic N) is 1. The minimum atomic E-state index is -0.597. The first-order chi connectivity index (χ1) is 17.1. The smallest absolute Gasteiger partial charge is 0.343 e. The fraction of sp³-hybridized carbons (Fsp3) is 0. The molecule has 1 N–H and O–H groups in total. The van der Waals surface area contributed by atoms with E-state index in [0.29, 0.717) is 22.3 Å². The standard InChI is InChI=1S/C28H20N2O5/c31-26(20-10-4-1-5-11-20)30-29-19-23-16-17-24(34-27(32)21-12-6-2-7-13-21)18-25(23)35-28(33)22-14-8-3-9-15-22/h1-19H,(H,30,31). The summed E-state index contributed by atoms with van der Waals surface area (Å²) in [6, 6.07) is 30.1. The van der Waals surface area contributed by atoms with E-state index in [1.165, 1.54) is 12.3 Å². The van der Waals surface area contributed by atoms with E-state index in [9.17, 15) is 14.4 Å². The number of ether oxygens (including phenoxy) is 2. The van der Waals surface area contributed by atoms with Crippen LogP contribution in [0.2, 0.25) is 0 Å². The second-order valence-electron chi connectivity index (χ2n) is 7.28. The summed E-state index contributed by atoms with van der Waals surface area (Å²) in [5.41, 5.74) is 4.00. The molecule has 4 aromatic rings. The molecule has 0 unspecified atom stereocenters. The first-order valence-corrected chi connectivity index (χ1v) is 10.7.